The summed E-state index contributed by atoms with van der Waals surface area (Å²) in [7, 11) is 0. The van der Waals surface area contributed by atoms with E-state index < -0.39 is 5.25 Å². The van der Waals surface area contributed by atoms with Gasteiger partial charge in [-0.1, -0.05) is 42.5 Å². The molecule has 1 saturated heterocycles. The monoisotopic (exact) mass is 299 g/mol. The smallest absolute Gasteiger partial charge is 0.286 e. The minimum atomic E-state index is -0.464. The maximum atomic E-state index is 11.7. The predicted octanol–water partition coefficient (Wildman–Crippen LogP) is 3.29. The number of nitrogens with one attached hydrogen (secondary N) is 1. The molecule has 0 radical (unpaired) electrons. The predicted molar refractivity (Wildman–Crippen MR) is 81.1 cm³/mol. The Bertz CT molecular complexity index is 672. The zero-order valence-electron chi connectivity index (χ0n) is 11.1. The van der Waals surface area contributed by atoms with Crippen molar-refractivity contribution in [3.8, 4) is 5.75 Å². The molecule has 106 valence electrons. The number of hydrogen-bond donors (Lipinski definition) is 1. The highest BCUT2D eigenvalue weighted by molar-refractivity contribution is 8.15. The summed E-state index contributed by atoms with van der Waals surface area (Å²) in [6, 6.07) is 17.1. The normalized spacial score (nSPS) is 17.6. The van der Waals surface area contributed by atoms with E-state index in [0.29, 0.717) is 6.61 Å². The summed E-state index contributed by atoms with van der Waals surface area (Å²) in [6.07, 6.45) is 0. The fraction of sp³-hybridized carbons (Fsp3) is 0.125. The van der Waals surface area contributed by atoms with Crippen molar-refractivity contribution in [3.05, 3.63) is 65.7 Å². The van der Waals surface area contributed by atoms with Crippen molar-refractivity contribution in [1.29, 1.82) is 0 Å². The molecule has 1 fully saturated rings. The highest BCUT2D eigenvalue weighted by Gasteiger charge is 2.32. The number of benzene rings is 2. The van der Waals surface area contributed by atoms with Gasteiger partial charge in [-0.15, -0.1) is 0 Å². The number of imide groups is 1. The Morgan fingerprint density at radius 3 is 2.57 bits per heavy atom. The van der Waals surface area contributed by atoms with Crippen LogP contribution in [0.25, 0.3) is 0 Å². The second-order valence-electron chi connectivity index (χ2n) is 4.62. The van der Waals surface area contributed by atoms with E-state index in [9.17, 15) is 9.59 Å². The fourth-order valence-corrected chi connectivity index (χ4v) is 2.93. The molecule has 0 aliphatic carbocycles. The lowest BCUT2D eigenvalue weighted by Crippen LogP contribution is -2.20. The van der Waals surface area contributed by atoms with Crippen molar-refractivity contribution < 1.29 is 14.3 Å². The molecule has 1 N–H and O–H groups in total. The Kier molecular flexibility index (Phi) is 3.92. The van der Waals surface area contributed by atoms with Gasteiger partial charge in [0.1, 0.15) is 17.6 Å². The van der Waals surface area contributed by atoms with E-state index in [1.54, 1.807) is 0 Å². The van der Waals surface area contributed by atoms with Crippen LogP contribution in [0.2, 0.25) is 0 Å². The van der Waals surface area contributed by atoms with Gasteiger partial charge in [-0.05, 0) is 35.0 Å². The van der Waals surface area contributed by atoms with Crippen LogP contribution in [-0.4, -0.2) is 11.1 Å². The van der Waals surface area contributed by atoms with Gasteiger partial charge < -0.3 is 4.74 Å². The van der Waals surface area contributed by atoms with Crippen LogP contribution >= 0.6 is 11.8 Å². The van der Waals surface area contributed by atoms with E-state index in [1.165, 1.54) is 0 Å². The molecule has 0 aromatic heterocycles. The van der Waals surface area contributed by atoms with Crippen LogP contribution < -0.4 is 10.1 Å². The summed E-state index contributed by atoms with van der Waals surface area (Å²) >= 11 is 1.01. The maximum absolute atomic E-state index is 11.7. The van der Waals surface area contributed by atoms with E-state index >= 15 is 0 Å². The van der Waals surface area contributed by atoms with Gasteiger partial charge in [-0.2, -0.15) is 0 Å². The summed E-state index contributed by atoms with van der Waals surface area (Å²) < 4.78 is 5.68. The highest BCUT2D eigenvalue weighted by atomic mass is 32.2. The zero-order chi connectivity index (χ0) is 14.7. The summed E-state index contributed by atoms with van der Waals surface area (Å²) in [5.74, 6) is 0.539. The Balaban J connectivity index is 1.71. The molecule has 21 heavy (non-hydrogen) atoms. The van der Waals surface area contributed by atoms with Crippen molar-refractivity contribution in [2.24, 2.45) is 0 Å². The molecule has 2 amide bonds. The molecule has 2 aromatic rings. The standard InChI is InChI=1S/C16H13NO3S/c18-15-14(21-16(19)17-15)12-6-4-5-11(9-12)10-20-13-7-2-1-3-8-13/h1-9,14H,10H2,(H,17,18,19). The molecule has 1 aliphatic rings. The van der Waals surface area contributed by atoms with Crippen molar-refractivity contribution in [3.63, 3.8) is 0 Å². The van der Waals surface area contributed by atoms with Crippen molar-refractivity contribution in [1.82, 2.24) is 5.32 Å². The highest BCUT2D eigenvalue weighted by Crippen LogP contribution is 2.34. The first-order valence-electron chi connectivity index (χ1n) is 6.50. The molecule has 0 saturated carbocycles. The number of ether oxygens (including phenoxy) is 1. The average Bonchev–Trinajstić information content (AvgIpc) is 2.85. The van der Waals surface area contributed by atoms with E-state index in [2.05, 4.69) is 5.32 Å². The Labute approximate surface area is 126 Å². The summed E-state index contributed by atoms with van der Waals surface area (Å²) in [4.78, 5) is 22.9. The van der Waals surface area contributed by atoms with Crippen molar-refractivity contribution in [2.45, 2.75) is 11.9 Å². The van der Waals surface area contributed by atoms with Gasteiger partial charge in [0.15, 0.2) is 0 Å². The summed E-state index contributed by atoms with van der Waals surface area (Å²) in [5.41, 5.74) is 1.78. The molecule has 1 unspecified atom stereocenters. The van der Waals surface area contributed by atoms with Crippen molar-refractivity contribution >= 4 is 22.9 Å². The van der Waals surface area contributed by atoms with Crippen LogP contribution in [0.1, 0.15) is 16.4 Å². The molecular weight excluding hydrogens is 286 g/mol. The van der Waals surface area contributed by atoms with E-state index in [1.807, 2.05) is 54.6 Å². The van der Waals surface area contributed by atoms with Crippen LogP contribution in [0, 0.1) is 0 Å². The Morgan fingerprint density at radius 1 is 1.05 bits per heavy atom. The van der Waals surface area contributed by atoms with Gasteiger partial charge in [0.25, 0.3) is 5.24 Å². The third-order valence-corrected chi connectivity index (χ3v) is 4.13. The number of amides is 2. The van der Waals surface area contributed by atoms with Gasteiger partial charge in [0.05, 0.1) is 0 Å². The lowest BCUT2D eigenvalue weighted by atomic mass is 10.1. The van der Waals surface area contributed by atoms with E-state index in [4.69, 9.17) is 4.74 Å². The van der Waals surface area contributed by atoms with Crippen LogP contribution in [0.5, 0.6) is 5.75 Å². The lowest BCUT2D eigenvalue weighted by Gasteiger charge is -2.09. The van der Waals surface area contributed by atoms with Crippen LogP contribution in [0.4, 0.5) is 4.79 Å². The quantitative estimate of drug-likeness (QED) is 0.941. The minimum Gasteiger partial charge on any atom is -0.489 e. The summed E-state index contributed by atoms with van der Waals surface area (Å²) in [6.45, 7) is 0.421. The summed E-state index contributed by atoms with van der Waals surface area (Å²) in [5, 5.41) is 1.54. The number of carbonyl (C=O) groups excluding carboxylic acids is 2. The van der Waals surface area contributed by atoms with E-state index in [-0.39, 0.29) is 11.1 Å². The SMILES string of the molecule is O=C1NC(=O)C(c2cccc(COc3ccccc3)c2)S1. The van der Waals surface area contributed by atoms with Crippen LogP contribution in [0.15, 0.2) is 54.6 Å². The molecular formula is C16H13NO3S. The van der Waals surface area contributed by atoms with Gasteiger partial charge in [0, 0.05) is 0 Å². The molecule has 1 heterocycles. The molecule has 0 bridgehead atoms. The fourth-order valence-electron chi connectivity index (χ4n) is 2.10. The first kappa shape index (κ1) is 13.7. The van der Waals surface area contributed by atoms with Gasteiger partial charge in [-0.25, -0.2) is 0 Å². The van der Waals surface area contributed by atoms with Gasteiger partial charge >= 0.3 is 0 Å². The third kappa shape index (κ3) is 3.25. The molecule has 3 rings (SSSR count). The molecule has 4 nitrogen and oxygen atoms in total. The third-order valence-electron chi connectivity index (χ3n) is 3.09. The molecule has 5 heteroatoms. The molecule has 0 spiro atoms. The number of hydrogen-bond acceptors (Lipinski definition) is 4. The first-order chi connectivity index (χ1) is 10.2. The Morgan fingerprint density at radius 2 is 1.86 bits per heavy atom. The molecule has 1 atom stereocenters. The number of thioether (sulfide) groups is 1. The molecule has 1 aliphatic heterocycles. The number of carbonyl (C=O) groups is 2. The second-order valence-corrected chi connectivity index (χ2v) is 5.70. The van der Waals surface area contributed by atoms with Crippen molar-refractivity contribution in [2.75, 3.05) is 0 Å². The van der Waals surface area contributed by atoms with Gasteiger partial charge in [-0.3, -0.25) is 14.9 Å². The number of para-hydroxylation sites is 1. The second kappa shape index (κ2) is 6.01. The maximum Gasteiger partial charge on any atom is 0.286 e. The zero-order valence-corrected chi connectivity index (χ0v) is 11.9. The van der Waals surface area contributed by atoms with Crippen LogP contribution in [0.3, 0.4) is 0 Å². The number of rotatable bonds is 4. The van der Waals surface area contributed by atoms with Crippen LogP contribution in [-0.2, 0) is 11.4 Å². The van der Waals surface area contributed by atoms with E-state index in [0.717, 1.165) is 28.6 Å². The largest absolute Gasteiger partial charge is 0.489 e. The average molecular weight is 299 g/mol. The van der Waals surface area contributed by atoms with Gasteiger partial charge in [0.2, 0.25) is 5.91 Å². The first-order valence-corrected chi connectivity index (χ1v) is 7.38. The molecule has 2 aromatic carbocycles. The Hall–Kier alpha value is -2.27. The lowest BCUT2D eigenvalue weighted by molar-refractivity contribution is -0.119. The topological polar surface area (TPSA) is 55.4 Å². The minimum absolute atomic E-state index is 0.258.